The van der Waals surface area contributed by atoms with Gasteiger partial charge in [-0.25, -0.2) is 4.79 Å². The molecule has 0 saturated heterocycles. The Labute approximate surface area is 120 Å². The number of nitrogens with one attached hydrogen (secondary N) is 2. The molecule has 5 nitrogen and oxygen atoms in total. The number of aromatic nitrogens is 1. The molecule has 1 aliphatic rings. The fourth-order valence-electron chi connectivity index (χ4n) is 2.93. The van der Waals surface area contributed by atoms with Crippen molar-refractivity contribution in [1.82, 2.24) is 4.98 Å². The summed E-state index contributed by atoms with van der Waals surface area (Å²) >= 11 is 0. The normalized spacial score (nSPS) is 13.5. The van der Waals surface area contributed by atoms with Gasteiger partial charge in [0.1, 0.15) is 0 Å². The summed E-state index contributed by atoms with van der Waals surface area (Å²) in [7, 11) is 0. The van der Waals surface area contributed by atoms with Crippen molar-refractivity contribution in [1.29, 1.82) is 0 Å². The summed E-state index contributed by atoms with van der Waals surface area (Å²) in [5.74, 6) is -0.473. The van der Waals surface area contributed by atoms with Crippen LogP contribution in [0.15, 0.2) is 39.5 Å². The van der Waals surface area contributed by atoms with E-state index in [2.05, 4.69) is 28.5 Å². The first-order valence-electron chi connectivity index (χ1n) is 7.00. The second kappa shape index (κ2) is 4.41. The standard InChI is InChI=1S/C16H15N3O2/c17-12-7-15-14(19-16(20)21-15)8-13(12)18-11-5-4-9-2-1-3-10(9)6-11/h4-8,18H,1-3,17H2,(H,19,20). The predicted octanol–water partition coefficient (Wildman–Crippen LogP) is 2.94. The van der Waals surface area contributed by atoms with Gasteiger partial charge >= 0.3 is 5.76 Å². The molecule has 1 heterocycles. The van der Waals surface area contributed by atoms with Crippen molar-refractivity contribution >= 4 is 28.2 Å². The van der Waals surface area contributed by atoms with Crippen LogP contribution in [-0.4, -0.2) is 4.98 Å². The van der Waals surface area contributed by atoms with Gasteiger partial charge in [0.2, 0.25) is 0 Å². The van der Waals surface area contributed by atoms with Gasteiger partial charge in [-0.1, -0.05) is 6.07 Å². The van der Waals surface area contributed by atoms with E-state index >= 15 is 0 Å². The topological polar surface area (TPSA) is 84.0 Å². The minimum absolute atomic E-state index is 0.469. The van der Waals surface area contributed by atoms with Gasteiger partial charge in [-0.15, -0.1) is 0 Å². The predicted molar refractivity (Wildman–Crippen MR) is 83.0 cm³/mol. The van der Waals surface area contributed by atoms with E-state index in [-0.39, 0.29) is 0 Å². The highest BCUT2D eigenvalue weighted by Crippen LogP contribution is 2.30. The molecule has 4 rings (SSSR count). The maximum Gasteiger partial charge on any atom is 0.417 e. The monoisotopic (exact) mass is 281 g/mol. The number of nitrogen functional groups attached to an aromatic ring is 1. The lowest BCUT2D eigenvalue weighted by Gasteiger charge is -2.10. The van der Waals surface area contributed by atoms with E-state index in [1.165, 1.54) is 24.0 Å². The molecule has 106 valence electrons. The van der Waals surface area contributed by atoms with Gasteiger partial charge < -0.3 is 15.5 Å². The number of anilines is 3. The first-order valence-corrected chi connectivity index (χ1v) is 7.00. The maximum atomic E-state index is 11.2. The summed E-state index contributed by atoms with van der Waals surface area (Å²) in [6.07, 6.45) is 3.53. The summed E-state index contributed by atoms with van der Waals surface area (Å²) < 4.78 is 5.00. The van der Waals surface area contributed by atoms with E-state index < -0.39 is 5.76 Å². The molecule has 0 spiro atoms. The molecule has 0 radical (unpaired) electrons. The molecule has 4 N–H and O–H groups in total. The lowest BCUT2D eigenvalue weighted by atomic mass is 10.1. The molecule has 5 heteroatoms. The van der Waals surface area contributed by atoms with Crippen molar-refractivity contribution in [2.24, 2.45) is 0 Å². The fourth-order valence-corrected chi connectivity index (χ4v) is 2.93. The van der Waals surface area contributed by atoms with Gasteiger partial charge in [-0.3, -0.25) is 4.98 Å². The molecule has 0 amide bonds. The largest absolute Gasteiger partial charge is 0.417 e. The van der Waals surface area contributed by atoms with Crippen LogP contribution in [-0.2, 0) is 12.8 Å². The maximum absolute atomic E-state index is 11.2. The summed E-state index contributed by atoms with van der Waals surface area (Å²) in [4.78, 5) is 13.9. The van der Waals surface area contributed by atoms with Crippen LogP contribution in [0.5, 0.6) is 0 Å². The van der Waals surface area contributed by atoms with Crippen LogP contribution >= 0.6 is 0 Å². The summed E-state index contributed by atoms with van der Waals surface area (Å²) in [6, 6.07) is 9.85. The van der Waals surface area contributed by atoms with E-state index in [9.17, 15) is 4.79 Å². The number of aromatic amines is 1. The Morgan fingerprint density at radius 1 is 1.14 bits per heavy atom. The molecular weight excluding hydrogens is 266 g/mol. The van der Waals surface area contributed by atoms with Crippen molar-refractivity contribution in [3.63, 3.8) is 0 Å². The van der Waals surface area contributed by atoms with E-state index in [4.69, 9.17) is 10.2 Å². The van der Waals surface area contributed by atoms with Crippen LogP contribution in [0.2, 0.25) is 0 Å². The SMILES string of the molecule is Nc1cc2oc(=O)[nH]c2cc1Nc1ccc2c(c1)CCC2. The molecule has 3 aromatic rings. The molecule has 2 aromatic carbocycles. The van der Waals surface area contributed by atoms with Crippen LogP contribution in [0, 0.1) is 0 Å². The quantitative estimate of drug-likeness (QED) is 0.630. The fraction of sp³-hybridized carbons (Fsp3) is 0.188. The summed E-state index contributed by atoms with van der Waals surface area (Å²) in [5, 5.41) is 3.31. The lowest BCUT2D eigenvalue weighted by Crippen LogP contribution is -1.97. The van der Waals surface area contributed by atoms with Crippen molar-refractivity contribution in [2.45, 2.75) is 19.3 Å². The molecule has 0 unspecified atom stereocenters. The first kappa shape index (κ1) is 12.1. The van der Waals surface area contributed by atoms with Crippen molar-refractivity contribution in [3.8, 4) is 0 Å². The second-order valence-corrected chi connectivity index (χ2v) is 5.41. The van der Waals surface area contributed by atoms with Crippen LogP contribution in [0.25, 0.3) is 11.1 Å². The number of nitrogens with two attached hydrogens (primary N) is 1. The number of fused-ring (bicyclic) bond motifs is 2. The number of hydrogen-bond donors (Lipinski definition) is 3. The number of benzene rings is 2. The number of rotatable bonds is 2. The Balaban J connectivity index is 1.73. The van der Waals surface area contributed by atoms with Crippen molar-refractivity contribution in [2.75, 3.05) is 11.1 Å². The van der Waals surface area contributed by atoms with Gasteiger partial charge in [0.25, 0.3) is 0 Å². The highest BCUT2D eigenvalue weighted by atomic mass is 16.4. The van der Waals surface area contributed by atoms with Gasteiger partial charge in [0, 0.05) is 11.8 Å². The van der Waals surface area contributed by atoms with E-state index in [1.54, 1.807) is 12.1 Å². The van der Waals surface area contributed by atoms with E-state index in [0.29, 0.717) is 16.8 Å². The minimum Gasteiger partial charge on any atom is -0.408 e. The highest BCUT2D eigenvalue weighted by Gasteiger charge is 2.12. The van der Waals surface area contributed by atoms with Crippen LogP contribution in [0.1, 0.15) is 17.5 Å². The third-order valence-electron chi connectivity index (χ3n) is 3.97. The van der Waals surface area contributed by atoms with E-state index in [1.807, 2.05) is 0 Å². The van der Waals surface area contributed by atoms with E-state index in [0.717, 1.165) is 17.8 Å². The van der Waals surface area contributed by atoms with Crippen molar-refractivity contribution in [3.05, 3.63) is 52.0 Å². The molecule has 21 heavy (non-hydrogen) atoms. The Morgan fingerprint density at radius 3 is 2.90 bits per heavy atom. The summed E-state index contributed by atoms with van der Waals surface area (Å²) in [5.41, 5.74) is 12.3. The van der Waals surface area contributed by atoms with Gasteiger partial charge in [0.15, 0.2) is 5.58 Å². The van der Waals surface area contributed by atoms with Gasteiger partial charge in [-0.2, -0.15) is 0 Å². The van der Waals surface area contributed by atoms with Crippen LogP contribution in [0.4, 0.5) is 17.1 Å². The molecule has 0 atom stereocenters. The third-order valence-corrected chi connectivity index (χ3v) is 3.97. The molecule has 0 saturated carbocycles. The summed E-state index contributed by atoms with van der Waals surface area (Å²) in [6.45, 7) is 0. The Bertz CT molecular complexity index is 892. The molecule has 0 fully saturated rings. The smallest absolute Gasteiger partial charge is 0.408 e. The molecule has 1 aromatic heterocycles. The lowest BCUT2D eigenvalue weighted by molar-refractivity contribution is 0.555. The second-order valence-electron chi connectivity index (χ2n) is 5.41. The number of oxazole rings is 1. The highest BCUT2D eigenvalue weighted by molar-refractivity contribution is 5.87. The first-order chi connectivity index (χ1) is 10.2. The number of aryl methyl sites for hydroxylation is 2. The zero-order chi connectivity index (χ0) is 14.4. The van der Waals surface area contributed by atoms with Crippen LogP contribution < -0.4 is 16.8 Å². The average Bonchev–Trinajstić information content (AvgIpc) is 3.04. The zero-order valence-electron chi connectivity index (χ0n) is 11.4. The Hall–Kier alpha value is -2.69. The van der Waals surface area contributed by atoms with Crippen LogP contribution in [0.3, 0.4) is 0 Å². The third kappa shape index (κ3) is 2.07. The Kier molecular flexibility index (Phi) is 2.54. The molecular formula is C16H15N3O2. The zero-order valence-corrected chi connectivity index (χ0v) is 11.4. The molecule has 0 aliphatic heterocycles. The van der Waals surface area contributed by atoms with Crippen molar-refractivity contribution < 1.29 is 4.42 Å². The minimum atomic E-state index is -0.473. The Morgan fingerprint density at radius 2 is 2.00 bits per heavy atom. The molecule has 1 aliphatic carbocycles. The number of H-pyrrole nitrogens is 1. The average molecular weight is 281 g/mol. The van der Waals surface area contributed by atoms with Gasteiger partial charge in [-0.05, 0) is 48.6 Å². The van der Waals surface area contributed by atoms with Gasteiger partial charge in [0.05, 0.1) is 16.9 Å². The number of hydrogen-bond acceptors (Lipinski definition) is 4. The molecule has 0 bridgehead atoms.